The SMILES string of the molecule is CCc1ccsc1CNC1CC(c2cccc(C)c2)C1. The lowest BCUT2D eigenvalue weighted by molar-refractivity contribution is 0.290. The molecule has 0 radical (unpaired) electrons. The van der Waals surface area contributed by atoms with Crippen LogP contribution >= 0.6 is 11.3 Å². The molecular formula is C18H23NS. The maximum absolute atomic E-state index is 3.72. The summed E-state index contributed by atoms with van der Waals surface area (Å²) in [6.45, 7) is 5.47. The molecule has 1 heterocycles. The molecule has 1 aliphatic rings. The molecule has 0 amide bonds. The second-order valence-electron chi connectivity index (χ2n) is 5.88. The number of hydrogen-bond acceptors (Lipinski definition) is 2. The summed E-state index contributed by atoms with van der Waals surface area (Å²) in [6, 6.07) is 12.0. The van der Waals surface area contributed by atoms with Gasteiger partial charge in [-0.25, -0.2) is 0 Å². The highest BCUT2D eigenvalue weighted by Crippen LogP contribution is 2.37. The summed E-state index contributed by atoms with van der Waals surface area (Å²) in [5.41, 5.74) is 4.41. The summed E-state index contributed by atoms with van der Waals surface area (Å²) >= 11 is 1.89. The van der Waals surface area contributed by atoms with Crippen LogP contribution < -0.4 is 5.32 Å². The van der Waals surface area contributed by atoms with E-state index in [1.54, 1.807) is 0 Å². The molecule has 0 atom stereocenters. The molecule has 0 saturated heterocycles. The van der Waals surface area contributed by atoms with Gasteiger partial charge in [-0.05, 0) is 54.7 Å². The molecule has 20 heavy (non-hydrogen) atoms. The molecule has 1 aliphatic carbocycles. The van der Waals surface area contributed by atoms with Gasteiger partial charge >= 0.3 is 0 Å². The Balaban J connectivity index is 1.49. The number of nitrogens with one attached hydrogen (secondary N) is 1. The zero-order valence-corrected chi connectivity index (χ0v) is 13.2. The van der Waals surface area contributed by atoms with E-state index in [9.17, 15) is 0 Å². The van der Waals surface area contributed by atoms with E-state index in [0.29, 0.717) is 6.04 Å². The van der Waals surface area contributed by atoms with Gasteiger partial charge in [0.05, 0.1) is 0 Å². The summed E-state index contributed by atoms with van der Waals surface area (Å²) in [5.74, 6) is 0.765. The quantitative estimate of drug-likeness (QED) is 0.843. The van der Waals surface area contributed by atoms with Crippen LogP contribution in [0, 0.1) is 6.92 Å². The molecule has 1 saturated carbocycles. The van der Waals surface area contributed by atoms with Gasteiger partial charge in [0, 0.05) is 17.5 Å². The number of thiophene rings is 1. The summed E-state index contributed by atoms with van der Waals surface area (Å²) in [6.07, 6.45) is 3.73. The zero-order chi connectivity index (χ0) is 13.9. The molecule has 1 aromatic carbocycles. The van der Waals surface area contributed by atoms with Crippen molar-refractivity contribution in [3.8, 4) is 0 Å². The van der Waals surface area contributed by atoms with Crippen molar-refractivity contribution >= 4 is 11.3 Å². The van der Waals surface area contributed by atoms with Crippen molar-refractivity contribution in [1.29, 1.82) is 0 Å². The van der Waals surface area contributed by atoms with Crippen LogP contribution in [0.4, 0.5) is 0 Å². The van der Waals surface area contributed by atoms with Crippen LogP contribution in [0.25, 0.3) is 0 Å². The highest BCUT2D eigenvalue weighted by atomic mass is 32.1. The lowest BCUT2D eigenvalue weighted by atomic mass is 9.75. The van der Waals surface area contributed by atoms with Gasteiger partial charge in [-0.3, -0.25) is 0 Å². The third-order valence-corrected chi connectivity index (χ3v) is 5.38. The van der Waals surface area contributed by atoms with Gasteiger partial charge in [-0.2, -0.15) is 0 Å². The van der Waals surface area contributed by atoms with E-state index >= 15 is 0 Å². The number of aryl methyl sites for hydroxylation is 2. The molecule has 2 heteroatoms. The Bertz CT molecular complexity index is 566. The van der Waals surface area contributed by atoms with Gasteiger partial charge in [0.15, 0.2) is 0 Å². The van der Waals surface area contributed by atoms with Crippen LogP contribution in [-0.4, -0.2) is 6.04 Å². The van der Waals surface area contributed by atoms with E-state index in [-0.39, 0.29) is 0 Å². The molecule has 3 rings (SSSR count). The predicted molar refractivity (Wildman–Crippen MR) is 87.5 cm³/mol. The van der Waals surface area contributed by atoms with Crippen LogP contribution in [0.1, 0.15) is 47.3 Å². The molecule has 1 N–H and O–H groups in total. The fourth-order valence-corrected chi connectivity index (χ4v) is 3.98. The standard InChI is InChI=1S/C18H23NS/c1-3-14-7-8-20-18(14)12-19-17-10-16(11-17)15-6-4-5-13(2)9-15/h4-9,16-17,19H,3,10-12H2,1-2H3. The van der Waals surface area contributed by atoms with Crippen LogP contribution in [0.2, 0.25) is 0 Å². The molecule has 0 unspecified atom stereocenters. The Labute approximate surface area is 126 Å². The van der Waals surface area contributed by atoms with Crippen molar-refractivity contribution in [3.63, 3.8) is 0 Å². The Hall–Kier alpha value is -1.12. The minimum atomic E-state index is 0.701. The van der Waals surface area contributed by atoms with Gasteiger partial charge in [-0.15, -0.1) is 11.3 Å². The molecule has 1 fully saturated rings. The smallest absolute Gasteiger partial charge is 0.0305 e. The molecule has 1 aromatic heterocycles. The first-order valence-electron chi connectivity index (χ1n) is 7.61. The van der Waals surface area contributed by atoms with Crippen LogP contribution in [-0.2, 0) is 13.0 Å². The maximum Gasteiger partial charge on any atom is 0.0305 e. The highest BCUT2D eigenvalue weighted by Gasteiger charge is 2.29. The van der Waals surface area contributed by atoms with E-state index in [0.717, 1.165) is 18.9 Å². The Morgan fingerprint density at radius 2 is 2.10 bits per heavy atom. The monoisotopic (exact) mass is 285 g/mol. The fraction of sp³-hybridized carbons (Fsp3) is 0.444. The molecule has 1 nitrogen and oxygen atoms in total. The van der Waals surface area contributed by atoms with Gasteiger partial charge in [0.1, 0.15) is 0 Å². The topological polar surface area (TPSA) is 12.0 Å². The van der Waals surface area contributed by atoms with Crippen molar-refractivity contribution in [2.45, 2.75) is 51.6 Å². The Morgan fingerprint density at radius 3 is 2.85 bits per heavy atom. The summed E-state index contributed by atoms with van der Waals surface area (Å²) in [7, 11) is 0. The molecule has 0 spiro atoms. The van der Waals surface area contributed by atoms with E-state index in [4.69, 9.17) is 0 Å². The third-order valence-electron chi connectivity index (χ3n) is 4.42. The number of rotatable bonds is 5. The van der Waals surface area contributed by atoms with Gasteiger partial charge < -0.3 is 5.32 Å². The molecule has 2 aromatic rings. The first kappa shape index (κ1) is 13.8. The third kappa shape index (κ3) is 2.97. The molecular weight excluding hydrogens is 262 g/mol. The average Bonchev–Trinajstić information content (AvgIpc) is 2.84. The minimum absolute atomic E-state index is 0.701. The molecule has 0 aliphatic heterocycles. The normalized spacial score (nSPS) is 21.7. The zero-order valence-electron chi connectivity index (χ0n) is 12.4. The first-order valence-corrected chi connectivity index (χ1v) is 8.49. The highest BCUT2D eigenvalue weighted by molar-refractivity contribution is 7.10. The fourth-order valence-electron chi connectivity index (χ4n) is 3.05. The summed E-state index contributed by atoms with van der Waals surface area (Å²) in [4.78, 5) is 1.52. The number of hydrogen-bond donors (Lipinski definition) is 1. The van der Waals surface area contributed by atoms with Crippen molar-refractivity contribution in [2.24, 2.45) is 0 Å². The Morgan fingerprint density at radius 1 is 1.25 bits per heavy atom. The van der Waals surface area contributed by atoms with E-state index < -0.39 is 0 Å². The van der Waals surface area contributed by atoms with Crippen molar-refractivity contribution in [3.05, 3.63) is 57.3 Å². The second kappa shape index (κ2) is 6.11. The average molecular weight is 285 g/mol. The second-order valence-corrected chi connectivity index (χ2v) is 6.88. The summed E-state index contributed by atoms with van der Waals surface area (Å²) < 4.78 is 0. The van der Waals surface area contributed by atoms with Gasteiger partial charge in [0.25, 0.3) is 0 Å². The Kier molecular flexibility index (Phi) is 4.23. The van der Waals surface area contributed by atoms with Crippen molar-refractivity contribution < 1.29 is 0 Å². The van der Waals surface area contributed by atoms with E-state index in [1.807, 2.05) is 11.3 Å². The van der Waals surface area contributed by atoms with Gasteiger partial charge in [-0.1, -0.05) is 36.8 Å². The summed E-state index contributed by atoms with van der Waals surface area (Å²) in [5, 5.41) is 5.94. The van der Waals surface area contributed by atoms with Crippen LogP contribution in [0.5, 0.6) is 0 Å². The van der Waals surface area contributed by atoms with Gasteiger partial charge in [0.2, 0.25) is 0 Å². The maximum atomic E-state index is 3.72. The lowest BCUT2D eigenvalue weighted by Crippen LogP contribution is -2.39. The van der Waals surface area contributed by atoms with E-state index in [1.165, 1.54) is 34.4 Å². The van der Waals surface area contributed by atoms with Crippen LogP contribution in [0.15, 0.2) is 35.7 Å². The van der Waals surface area contributed by atoms with E-state index in [2.05, 4.69) is 54.9 Å². The largest absolute Gasteiger partial charge is 0.309 e. The van der Waals surface area contributed by atoms with Crippen molar-refractivity contribution in [2.75, 3.05) is 0 Å². The first-order chi connectivity index (χ1) is 9.76. The van der Waals surface area contributed by atoms with Crippen molar-refractivity contribution in [1.82, 2.24) is 5.32 Å². The molecule has 106 valence electrons. The molecule has 0 bridgehead atoms. The lowest BCUT2D eigenvalue weighted by Gasteiger charge is -2.36. The predicted octanol–water partition coefficient (Wildman–Crippen LogP) is 4.65. The number of benzene rings is 1. The minimum Gasteiger partial charge on any atom is -0.309 e. The van der Waals surface area contributed by atoms with Crippen LogP contribution in [0.3, 0.4) is 0 Å².